The summed E-state index contributed by atoms with van der Waals surface area (Å²) in [5.41, 5.74) is 3.63. The number of fused-ring (bicyclic) bond motifs is 1. The first-order chi connectivity index (χ1) is 11.1. The number of aromatic nitrogens is 2. The second-order valence-corrected chi connectivity index (χ2v) is 5.31. The first-order valence-electron chi connectivity index (χ1n) is 7.53. The molecule has 3 rings (SSSR count). The molecule has 0 spiro atoms. The van der Waals surface area contributed by atoms with Crippen LogP contribution >= 0.6 is 0 Å². The highest BCUT2D eigenvalue weighted by molar-refractivity contribution is 5.79. The molecule has 0 saturated carbocycles. The average molecular weight is 313 g/mol. The molecule has 0 aliphatic carbocycles. The van der Waals surface area contributed by atoms with E-state index in [-0.39, 0.29) is 12.5 Å². The maximum Gasteiger partial charge on any atom is 0.325 e. The van der Waals surface area contributed by atoms with Crippen molar-refractivity contribution in [2.45, 2.75) is 20.8 Å². The monoisotopic (exact) mass is 313 g/mol. The van der Waals surface area contributed by atoms with E-state index in [9.17, 15) is 4.79 Å². The van der Waals surface area contributed by atoms with Gasteiger partial charge in [0.05, 0.1) is 12.9 Å². The number of ether oxygens (including phenoxy) is 1. The number of furan rings is 1. The van der Waals surface area contributed by atoms with Crippen molar-refractivity contribution >= 4 is 17.4 Å². The smallest absolute Gasteiger partial charge is 0.325 e. The zero-order valence-electron chi connectivity index (χ0n) is 13.4. The van der Waals surface area contributed by atoms with Gasteiger partial charge >= 0.3 is 5.97 Å². The number of anilines is 1. The number of carbonyl (C=O) groups is 1. The quantitative estimate of drug-likeness (QED) is 0.733. The van der Waals surface area contributed by atoms with Gasteiger partial charge in [-0.1, -0.05) is 0 Å². The molecule has 0 atom stereocenters. The van der Waals surface area contributed by atoms with Crippen molar-refractivity contribution in [3.63, 3.8) is 0 Å². The molecule has 0 fully saturated rings. The number of imidazole rings is 1. The molecule has 0 saturated heterocycles. The van der Waals surface area contributed by atoms with Gasteiger partial charge in [0.2, 0.25) is 0 Å². The van der Waals surface area contributed by atoms with Crippen LogP contribution in [0.4, 0.5) is 5.82 Å². The van der Waals surface area contributed by atoms with Gasteiger partial charge in [-0.2, -0.15) is 0 Å². The van der Waals surface area contributed by atoms with E-state index in [0.717, 1.165) is 22.7 Å². The number of hydrogen-bond acceptors (Lipinski definition) is 5. The van der Waals surface area contributed by atoms with Crippen LogP contribution in [0.3, 0.4) is 0 Å². The van der Waals surface area contributed by atoms with E-state index in [0.29, 0.717) is 18.1 Å². The lowest BCUT2D eigenvalue weighted by atomic mass is 10.2. The third-order valence-electron chi connectivity index (χ3n) is 3.51. The number of nitrogens with zero attached hydrogens (tertiary/aromatic N) is 2. The summed E-state index contributed by atoms with van der Waals surface area (Å²) in [6.45, 7) is 6.25. The Labute approximate surface area is 134 Å². The van der Waals surface area contributed by atoms with E-state index in [1.54, 1.807) is 13.2 Å². The molecule has 0 radical (unpaired) electrons. The molecular formula is C17H19N3O3. The van der Waals surface area contributed by atoms with Crippen LogP contribution < -0.4 is 5.32 Å². The Morgan fingerprint density at radius 2 is 2.22 bits per heavy atom. The minimum absolute atomic E-state index is 0.0721. The van der Waals surface area contributed by atoms with E-state index in [2.05, 4.69) is 16.4 Å². The van der Waals surface area contributed by atoms with Gasteiger partial charge in [0.15, 0.2) is 5.76 Å². The highest BCUT2D eigenvalue weighted by Crippen LogP contribution is 2.30. The molecule has 23 heavy (non-hydrogen) atoms. The lowest BCUT2D eigenvalue weighted by Crippen LogP contribution is -2.18. The summed E-state index contributed by atoms with van der Waals surface area (Å²) in [5.74, 6) is 1.07. The lowest BCUT2D eigenvalue weighted by Gasteiger charge is -2.10. The maximum absolute atomic E-state index is 11.7. The van der Waals surface area contributed by atoms with Crippen LogP contribution in [0.5, 0.6) is 0 Å². The van der Waals surface area contributed by atoms with Crippen LogP contribution in [0, 0.1) is 13.8 Å². The van der Waals surface area contributed by atoms with Gasteiger partial charge in [-0.3, -0.25) is 9.20 Å². The summed E-state index contributed by atoms with van der Waals surface area (Å²) in [6, 6.07) is 7.72. The van der Waals surface area contributed by atoms with Gasteiger partial charge < -0.3 is 14.5 Å². The second-order valence-electron chi connectivity index (χ2n) is 5.31. The molecule has 3 aromatic rings. The topological polar surface area (TPSA) is 68.8 Å². The van der Waals surface area contributed by atoms with Crippen molar-refractivity contribution < 1.29 is 13.9 Å². The number of pyridine rings is 1. The molecule has 1 N–H and O–H groups in total. The van der Waals surface area contributed by atoms with Gasteiger partial charge in [0.1, 0.15) is 23.7 Å². The van der Waals surface area contributed by atoms with Crippen LogP contribution in [0.1, 0.15) is 18.2 Å². The Kier molecular flexibility index (Phi) is 4.06. The largest absolute Gasteiger partial charge is 0.465 e. The first-order valence-corrected chi connectivity index (χ1v) is 7.53. The Bertz CT molecular complexity index is 835. The third kappa shape index (κ3) is 2.92. The molecule has 6 nitrogen and oxygen atoms in total. The first kappa shape index (κ1) is 15.1. The third-order valence-corrected chi connectivity index (χ3v) is 3.51. The number of esters is 1. The average Bonchev–Trinajstić information content (AvgIpc) is 3.12. The van der Waals surface area contributed by atoms with Crippen LogP contribution in [-0.4, -0.2) is 28.5 Å². The minimum atomic E-state index is -0.308. The van der Waals surface area contributed by atoms with Crippen LogP contribution in [-0.2, 0) is 9.53 Å². The van der Waals surface area contributed by atoms with E-state index in [1.807, 2.05) is 36.4 Å². The summed E-state index contributed by atoms with van der Waals surface area (Å²) in [5, 5.41) is 3.14. The number of carbonyl (C=O) groups excluding carboxylic acids is 1. The zero-order chi connectivity index (χ0) is 16.4. The maximum atomic E-state index is 11.7. The Hall–Kier alpha value is -2.76. The summed E-state index contributed by atoms with van der Waals surface area (Å²) >= 11 is 0. The van der Waals surface area contributed by atoms with Crippen LogP contribution in [0.2, 0.25) is 0 Å². The van der Waals surface area contributed by atoms with E-state index in [4.69, 9.17) is 9.15 Å². The summed E-state index contributed by atoms with van der Waals surface area (Å²) in [6.07, 6.45) is 1.60. The predicted octanol–water partition coefficient (Wildman–Crippen LogP) is 3.19. The number of nitrogens with one attached hydrogen (secondary N) is 1. The van der Waals surface area contributed by atoms with Crippen molar-refractivity contribution in [2.75, 3.05) is 18.5 Å². The van der Waals surface area contributed by atoms with Gasteiger partial charge in [-0.15, -0.1) is 0 Å². The normalized spacial score (nSPS) is 10.9. The van der Waals surface area contributed by atoms with Gasteiger partial charge in [0, 0.05) is 5.69 Å². The minimum Gasteiger partial charge on any atom is -0.465 e. The number of aryl methyl sites for hydroxylation is 2. The van der Waals surface area contributed by atoms with Gasteiger partial charge in [0.25, 0.3) is 0 Å². The van der Waals surface area contributed by atoms with Crippen molar-refractivity contribution in [2.24, 2.45) is 0 Å². The Balaban J connectivity index is 2.08. The van der Waals surface area contributed by atoms with Crippen molar-refractivity contribution in [3.05, 3.63) is 41.8 Å². The van der Waals surface area contributed by atoms with Crippen molar-refractivity contribution in [3.8, 4) is 11.5 Å². The molecule has 6 heteroatoms. The molecule has 0 aliphatic heterocycles. The fraction of sp³-hybridized carbons (Fsp3) is 0.294. The second kappa shape index (κ2) is 6.16. The number of hydrogen-bond donors (Lipinski definition) is 1. The van der Waals surface area contributed by atoms with Gasteiger partial charge in [-0.25, -0.2) is 4.98 Å². The highest BCUT2D eigenvalue weighted by atomic mass is 16.5. The zero-order valence-corrected chi connectivity index (χ0v) is 13.4. The lowest BCUT2D eigenvalue weighted by molar-refractivity contribution is -0.140. The Morgan fingerprint density at radius 1 is 1.39 bits per heavy atom. The van der Waals surface area contributed by atoms with E-state index < -0.39 is 0 Å². The van der Waals surface area contributed by atoms with Crippen molar-refractivity contribution in [1.82, 2.24) is 9.38 Å². The van der Waals surface area contributed by atoms with Crippen molar-refractivity contribution in [1.29, 1.82) is 0 Å². The number of rotatable bonds is 5. The summed E-state index contributed by atoms with van der Waals surface area (Å²) in [4.78, 5) is 16.3. The standard InChI is InChI=1S/C17H19N3O3/c1-4-22-15(21)10-18-17-16(13-6-5-7-23-13)19-14-9-11(2)8-12(3)20(14)17/h5-9,18H,4,10H2,1-3H3. The summed E-state index contributed by atoms with van der Waals surface area (Å²) < 4.78 is 12.4. The molecule has 3 heterocycles. The van der Waals surface area contributed by atoms with E-state index >= 15 is 0 Å². The van der Waals surface area contributed by atoms with E-state index in [1.165, 1.54) is 0 Å². The molecule has 0 amide bonds. The SMILES string of the molecule is CCOC(=O)CNc1c(-c2ccco2)nc2cc(C)cc(C)n12. The molecule has 0 unspecified atom stereocenters. The summed E-state index contributed by atoms with van der Waals surface area (Å²) in [7, 11) is 0. The fourth-order valence-electron chi connectivity index (χ4n) is 2.65. The van der Waals surface area contributed by atoms with Crippen LogP contribution in [0.15, 0.2) is 34.9 Å². The molecular weight excluding hydrogens is 294 g/mol. The molecule has 0 bridgehead atoms. The van der Waals surface area contributed by atoms with Crippen LogP contribution in [0.25, 0.3) is 17.1 Å². The molecule has 0 aromatic carbocycles. The molecule has 120 valence electrons. The fourth-order valence-corrected chi connectivity index (χ4v) is 2.65. The predicted molar refractivity (Wildman–Crippen MR) is 87.5 cm³/mol. The highest BCUT2D eigenvalue weighted by Gasteiger charge is 2.18. The van der Waals surface area contributed by atoms with Gasteiger partial charge in [-0.05, 0) is 50.6 Å². The molecule has 0 aliphatic rings. The molecule has 3 aromatic heterocycles. The Morgan fingerprint density at radius 3 is 2.91 bits per heavy atom.